The number of aromatic nitrogens is 2. The highest BCUT2D eigenvalue weighted by Crippen LogP contribution is 2.37. The summed E-state index contributed by atoms with van der Waals surface area (Å²) in [6, 6.07) is 0. The minimum absolute atomic E-state index is 0.138. The number of nitrogens with zero attached hydrogens (tertiary/aromatic N) is 2. The lowest BCUT2D eigenvalue weighted by molar-refractivity contribution is 0.0941. The summed E-state index contributed by atoms with van der Waals surface area (Å²) in [5.74, 6) is 0.503. The number of nitrogens with one attached hydrogen (secondary N) is 2. The molecule has 2 rings (SSSR count). The van der Waals surface area contributed by atoms with E-state index < -0.39 is 0 Å². The average Bonchev–Trinajstić information content (AvgIpc) is 2.54. The van der Waals surface area contributed by atoms with Crippen LogP contribution >= 0.6 is 11.8 Å². The van der Waals surface area contributed by atoms with Gasteiger partial charge in [-0.25, -0.2) is 4.98 Å². The van der Waals surface area contributed by atoms with Crippen molar-refractivity contribution in [3.8, 4) is 0 Å². The van der Waals surface area contributed by atoms with Gasteiger partial charge in [0.15, 0.2) is 0 Å². The molecule has 1 heterocycles. The average molecular weight is 308 g/mol. The van der Waals surface area contributed by atoms with Gasteiger partial charge in [-0.3, -0.25) is 9.78 Å². The molecule has 0 bridgehead atoms. The SMILES string of the molecule is CCNc1cncc(C(=O)NCC2(SC)CCCCC2)n1. The molecule has 2 N–H and O–H groups in total. The van der Waals surface area contributed by atoms with Gasteiger partial charge in [0, 0.05) is 17.8 Å². The van der Waals surface area contributed by atoms with Crippen molar-refractivity contribution in [3.63, 3.8) is 0 Å². The Balaban J connectivity index is 1.96. The summed E-state index contributed by atoms with van der Waals surface area (Å²) in [6.45, 7) is 3.45. The molecule has 0 aromatic carbocycles. The number of carbonyl (C=O) groups excluding carboxylic acids is 1. The molecule has 21 heavy (non-hydrogen) atoms. The van der Waals surface area contributed by atoms with Crippen molar-refractivity contribution in [1.82, 2.24) is 15.3 Å². The molecule has 5 nitrogen and oxygen atoms in total. The highest BCUT2D eigenvalue weighted by atomic mass is 32.2. The summed E-state index contributed by atoms with van der Waals surface area (Å²) in [6.07, 6.45) is 11.5. The number of anilines is 1. The van der Waals surface area contributed by atoms with Crippen LogP contribution in [0, 0.1) is 0 Å². The predicted molar refractivity (Wildman–Crippen MR) is 87.9 cm³/mol. The summed E-state index contributed by atoms with van der Waals surface area (Å²) >= 11 is 1.88. The van der Waals surface area contributed by atoms with Crippen LogP contribution in [0.1, 0.15) is 49.5 Å². The van der Waals surface area contributed by atoms with E-state index in [9.17, 15) is 4.79 Å². The number of hydrogen-bond acceptors (Lipinski definition) is 5. The zero-order chi connectivity index (χ0) is 15.1. The number of carbonyl (C=O) groups is 1. The van der Waals surface area contributed by atoms with Crippen LogP contribution in [0.4, 0.5) is 5.82 Å². The number of hydrogen-bond donors (Lipinski definition) is 2. The van der Waals surface area contributed by atoms with Crippen molar-refractivity contribution in [2.24, 2.45) is 0 Å². The molecule has 1 aliphatic rings. The van der Waals surface area contributed by atoms with E-state index in [1.54, 1.807) is 6.20 Å². The second kappa shape index (κ2) is 7.64. The molecular formula is C15H24N4OS. The first-order chi connectivity index (χ1) is 10.2. The van der Waals surface area contributed by atoms with E-state index >= 15 is 0 Å². The van der Waals surface area contributed by atoms with E-state index in [2.05, 4.69) is 26.9 Å². The second-order valence-corrected chi connectivity index (χ2v) is 6.72. The van der Waals surface area contributed by atoms with Gasteiger partial charge in [0.2, 0.25) is 0 Å². The van der Waals surface area contributed by atoms with Crippen LogP contribution in [0.2, 0.25) is 0 Å². The van der Waals surface area contributed by atoms with Crippen LogP contribution in [-0.2, 0) is 0 Å². The van der Waals surface area contributed by atoms with Gasteiger partial charge in [-0.2, -0.15) is 11.8 Å². The molecule has 6 heteroatoms. The number of thioether (sulfide) groups is 1. The van der Waals surface area contributed by atoms with Gasteiger partial charge in [-0.05, 0) is 26.0 Å². The smallest absolute Gasteiger partial charge is 0.271 e. The maximum Gasteiger partial charge on any atom is 0.271 e. The van der Waals surface area contributed by atoms with Crippen molar-refractivity contribution in [1.29, 1.82) is 0 Å². The predicted octanol–water partition coefficient (Wildman–Crippen LogP) is 2.70. The van der Waals surface area contributed by atoms with Crippen molar-refractivity contribution >= 4 is 23.5 Å². The van der Waals surface area contributed by atoms with E-state index in [4.69, 9.17) is 0 Å². The third-order valence-electron chi connectivity index (χ3n) is 3.99. The van der Waals surface area contributed by atoms with Crippen molar-refractivity contribution in [2.45, 2.75) is 43.8 Å². The molecule has 0 unspecified atom stereocenters. The Labute approximate surface area is 130 Å². The van der Waals surface area contributed by atoms with Crippen LogP contribution in [0.15, 0.2) is 12.4 Å². The first-order valence-corrected chi connectivity index (χ1v) is 8.81. The lowest BCUT2D eigenvalue weighted by Crippen LogP contribution is -2.42. The molecular weight excluding hydrogens is 284 g/mol. The van der Waals surface area contributed by atoms with Crippen molar-refractivity contribution in [2.75, 3.05) is 24.7 Å². The summed E-state index contributed by atoms with van der Waals surface area (Å²) in [5.41, 5.74) is 0.375. The van der Waals surface area contributed by atoms with E-state index in [1.165, 1.54) is 38.3 Å². The fourth-order valence-corrected chi connectivity index (χ4v) is 3.64. The van der Waals surface area contributed by atoms with E-state index in [-0.39, 0.29) is 10.7 Å². The summed E-state index contributed by atoms with van der Waals surface area (Å²) in [7, 11) is 0. The summed E-state index contributed by atoms with van der Waals surface area (Å²) in [5, 5.41) is 6.11. The zero-order valence-electron chi connectivity index (χ0n) is 12.8. The second-order valence-electron chi connectivity index (χ2n) is 5.45. The molecule has 1 aromatic heterocycles. The standard InChI is InChI=1S/C15H24N4OS/c1-3-17-13-10-16-9-12(19-13)14(20)18-11-15(21-2)7-5-4-6-8-15/h9-10H,3-8,11H2,1-2H3,(H,17,19)(H,18,20). The van der Waals surface area contributed by atoms with E-state index in [0.29, 0.717) is 18.1 Å². The quantitative estimate of drug-likeness (QED) is 0.846. The highest BCUT2D eigenvalue weighted by Gasteiger charge is 2.31. The van der Waals surface area contributed by atoms with Gasteiger partial charge in [0.05, 0.1) is 12.4 Å². The lowest BCUT2D eigenvalue weighted by Gasteiger charge is -2.35. The van der Waals surface area contributed by atoms with Gasteiger partial charge in [0.1, 0.15) is 11.5 Å². The Kier molecular flexibility index (Phi) is 5.85. The van der Waals surface area contributed by atoms with E-state index in [0.717, 1.165) is 6.54 Å². The third kappa shape index (κ3) is 4.33. The molecule has 1 aromatic rings. The Hall–Kier alpha value is -1.30. The molecule has 116 valence electrons. The highest BCUT2D eigenvalue weighted by molar-refractivity contribution is 8.00. The van der Waals surface area contributed by atoms with Gasteiger partial charge >= 0.3 is 0 Å². The maximum atomic E-state index is 12.3. The fourth-order valence-electron chi connectivity index (χ4n) is 2.72. The molecule has 1 saturated carbocycles. The van der Waals surface area contributed by atoms with Gasteiger partial charge in [-0.15, -0.1) is 0 Å². The van der Waals surface area contributed by atoms with Crippen LogP contribution in [0.3, 0.4) is 0 Å². The molecule has 0 atom stereocenters. The molecule has 1 aliphatic carbocycles. The van der Waals surface area contributed by atoms with Crippen LogP contribution in [0.25, 0.3) is 0 Å². The van der Waals surface area contributed by atoms with Gasteiger partial charge in [0.25, 0.3) is 5.91 Å². The molecule has 0 radical (unpaired) electrons. The monoisotopic (exact) mass is 308 g/mol. The zero-order valence-corrected chi connectivity index (χ0v) is 13.6. The number of amides is 1. The summed E-state index contributed by atoms with van der Waals surface area (Å²) < 4.78 is 0.195. The molecule has 1 fully saturated rings. The largest absolute Gasteiger partial charge is 0.369 e. The Morgan fingerprint density at radius 2 is 2.10 bits per heavy atom. The normalized spacial score (nSPS) is 17.2. The first kappa shape index (κ1) is 16.1. The van der Waals surface area contributed by atoms with Crippen LogP contribution in [-0.4, -0.2) is 40.0 Å². The minimum Gasteiger partial charge on any atom is -0.369 e. The molecule has 0 aliphatic heterocycles. The Morgan fingerprint density at radius 3 is 2.76 bits per heavy atom. The molecule has 0 saturated heterocycles. The van der Waals surface area contributed by atoms with Crippen molar-refractivity contribution < 1.29 is 4.79 Å². The van der Waals surface area contributed by atoms with Gasteiger partial charge in [-0.1, -0.05) is 19.3 Å². The lowest BCUT2D eigenvalue weighted by atomic mass is 9.88. The molecule has 1 amide bonds. The topological polar surface area (TPSA) is 66.9 Å². The molecule has 0 spiro atoms. The first-order valence-electron chi connectivity index (χ1n) is 7.58. The van der Waals surface area contributed by atoms with E-state index in [1.807, 2.05) is 18.7 Å². The van der Waals surface area contributed by atoms with Gasteiger partial charge < -0.3 is 10.6 Å². The Bertz CT molecular complexity index is 474. The van der Waals surface area contributed by atoms with Crippen LogP contribution in [0.5, 0.6) is 0 Å². The maximum absolute atomic E-state index is 12.3. The third-order valence-corrected chi connectivity index (χ3v) is 5.41. The summed E-state index contributed by atoms with van der Waals surface area (Å²) in [4.78, 5) is 20.6. The number of rotatable bonds is 6. The Morgan fingerprint density at radius 1 is 1.33 bits per heavy atom. The fraction of sp³-hybridized carbons (Fsp3) is 0.667. The van der Waals surface area contributed by atoms with Crippen LogP contribution < -0.4 is 10.6 Å². The minimum atomic E-state index is -0.138. The van der Waals surface area contributed by atoms with Crippen molar-refractivity contribution in [3.05, 3.63) is 18.1 Å².